The van der Waals surface area contributed by atoms with Gasteiger partial charge in [0.15, 0.2) is 6.54 Å². The molecule has 0 radical (unpaired) electrons. The van der Waals surface area contributed by atoms with Crippen LogP contribution in [0.25, 0.3) is 0 Å². The van der Waals surface area contributed by atoms with Gasteiger partial charge in [-0.3, -0.25) is 9.59 Å². The molecular formula is C20H20F4N3O2+. The lowest BCUT2D eigenvalue weighted by Crippen LogP contribution is -3.15. The average molecular weight is 410 g/mol. The van der Waals surface area contributed by atoms with Crippen molar-refractivity contribution in [2.45, 2.75) is 6.18 Å². The molecule has 3 rings (SSSR count). The van der Waals surface area contributed by atoms with E-state index in [-0.39, 0.29) is 18.1 Å². The van der Waals surface area contributed by atoms with Crippen molar-refractivity contribution < 1.29 is 32.1 Å². The van der Waals surface area contributed by atoms with Crippen molar-refractivity contribution in [1.29, 1.82) is 0 Å². The first-order chi connectivity index (χ1) is 13.7. The molecule has 0 unspecified atom stereocenters. The van der Waals surface area contributed by atoms with Crippen molar-refractivity contribution in [1.82, 2.24) is 4.90 Å². The Labute approximate surface area is 164 Å². The Morgan fingerprint density at radius 2 is 1.62 bits per heavy atom. The maximum atomic E-state index is 13.0. The molecule has 5 nitrogen and oxygen atoms in total. The number of anilines is 1. The van der Waals surface area contributed by atoms with Gasteiger partial charge in [0.1, 0.15) is 5.82 Å². The summed E-state index contributed by atoms with van der Waals surface area (Å²) in [6.07, 6.45) is -4.55. The number of rotatable bonds is 4. The van der Waals surface area contributed by atoms with Gasteiger partial charge in [0.25, 0.3) is 11.8 Å². The van der Waals surface area contributed by atoms with Crippen LogP contribution in [0.1, 0.15) is 15.9 Å². The standard InChI is InChI=1S/C20H19F4N3O2/c21-15-7-5-14(6-8-15)19(29)27-11-9-26(10-12-27)13-18(28)25-17-4-2-1-3-16(17)20(22,23)24/h1-8H,9-13H2,(H,25,28)/p+1. The van der Waals surface area contributed by atoms with Gasteiger partial charge in [0, 0.05) is 5.56 Å². The highest BCUT2D eigenvalue weighted by Gasteiger charge is 2.34. The van der Waals surface area contributed by atoms with E-state index in [0.717, 1.165) is 11.0 Å². The molecule has 2 N–H and O–H groups in total. The third kappa shape index (κ3) is 5.32. The van der Waals surface area contributed by atoms with E-state index >= 15 is 0 Å². The second-order valence-corrected chi connectivity index (χ2v) is 6.82. The molecule has 1 saturated heterocycles. The Morgan fingerprint density at radius 3 is 2.24 bits per heavy atom. The van der Waals surface area contributed by atoms with E-state index in [9.17, 15) is 27.2 Å². The molecule has 0 spiro atoms. The highest BCUT2D eigenvalue weighted by atomic mass is 19.4. The lowest BCUT2D eigenvalue weighted by Gasteiger charge is -2.32. The molecule has 1 aliphatic heterocycles. The Kier molecular flexibility index (Phi) is 6.17. The number of carbonyl (C=O) groups excluding carboxylic acids is 2. The summed E-state index contributed by atoms with van der Waals surface area (Å²) >= 11 is 0. The predicted octanol–water partition coefficient (Wildman–Crippen LogP) is 1.82. The molecule has 1 heterocycles. The Hall–Kier alpha value is -2.94. The van der Waals surface area contributed by atoms with Crippen LogP contribution < -0.4 is 10.2 Å². The quantitative estimate of drug-likeness (QED) is 0.756. The minimum Gasteiger partial charge on any atom is -0.327 e. The number of halogens is 4. The summed E-state index contributed by atoms with van der Waals surface area (Å²) in [5.74, 6) is -1.16. The minimum atomic E-state index is -4.55. The fraction of sp³-hybridized carbons (Fsp3) is 0.300. The molecule has 29 heavy (non-hydrogen) atoms. The van der Waals surface area contributed by atoms with Crippen LogP contribution >= 0.6 is 0 Å². The van der Waals surface area contributed by atoms with Crippen LogP contribution in [0.5, 0.6) is 0 Å². The van der Waals surface area contributed by atoms with Gasteiger partial charge < -0.3 is 15.1 Å². The zero-order chi connectivity index (χ0) is 21.0. The van der Waals surface area contributed by atoms with Crippen LogP contribution in [0, 0.1) is 5.82 Å². The highest BCUT2D eigenvalue weighted by Crippen LogP contribution is 2.34. The monoisotopic (exact) mass is 410 g/mol. The van der Waals surface area contributed by atoms with Gasteiger partial charge in [-0.2, -0.15) is 13.2 Å². The van der Waals surface area contributed by atoms with Gasteiger partial charge in [-0.05, 0) is 36.4 Å². The Bertz CT molecular complexity index is 876. The number of quaternary nitrogens is 1. The minimum absolute atomic E-state index is 0.00473. The van der Waals surface area contributed by atoms with Crippen molar-refractivity contribution >= 4 is 17.5 Å². The Balaban J connectivity index is 1.53. The molecule has 1 fully saturated rings. The summed E-state index contributed by atoms with van der Waals surface area (Å²) in [4.78, 5) is 27.1. The molecule has 1 aliphatic rings. The second-order valence-electron chi connectivity index (χ2n) is 6.82. The van der Waals surface area contributed by atoms with E-state index in [1.54, 1.807) is 4.90 Å². The zero-order valence-corrected chi connectivity index (χ0v) is 15.4. The van der Waals surface area contributed by atoms with E-state index in [2.05, 4.69) is 5.32 Å². The van der Waals surface area contributed by atoms with Gasteiger partial charge in [-0.15, -0.1) is 0 Å². The lowest BCUT2D eigenvalue weighted by molar-refractivity contribution is -0.895. The lowest BCUT2D eigenvalue weighted by atomic mass is 10.1. The van der Waals surface area contributed by atoms with Gasteiger partial charge in [-0.1, -0.05) is 12.1 Å². The molecule has 0 aromatic heterocycles. The maximum Gasteiger partial charge on any atom is 0.418 e. The van der Waals surface area contributed by atoms with Gasteiger partial charge >= 0.3 is 6.18 Å². The van der Waals surface area contributed by atoms with Crippen LogP contribution in [-0.4, -0.2) is 49.4 Å². The maximum absolute atomic E-state index is 13.0. The number of piperazine rings is 1. The first kappa shape index (κ1) is 20.8. The summed E-state index contributed by atoms with van der Waals surface area (Å²) in [6.45, 7) is 1.78. The number of para-hydroxylation sites is 1. The molecule has 2 aromatic carbocycles. The molecule has 0 aliphatic carbocycles. The summed E-state index contributed by atoms with van der Waals surface area (Å²) in [6, 6.07) is 10.1. The van der Waals surface area contributed by atoms with Gasteiger partial charge in [-0.25, -0.2) is 4.39 Å². The molecule has 0 saturated carbocycles. The van der Waals surface area contributed by atoms with Crippen molar-refractivity contribution in [3.63, 3.8) is 0 Å². The average Bonchev–Trinajstić information content (AvgIpc) is 2.68. The second kappa shape index (κ2) is 8.60. The number of alkyl halides is 3. The van der Waals surface area contributed by atoms with Crippen molar-refractivity contribution in [3.05, 3.63) is 65.5 Å². The van der Waals surface area contributed by atoms with E-state index < -0.39 is 23.5 Å². The summed E-state index contributed by atoms with van der Waals surface area (Å²) in [5, 5.41) is 2.33. The predicted molar refractivity (Wildman–Crippen MR) is 97.9 cm³/mol. The first-order valence-electron chi connectivity index (χ1n) is 9.08. The third-order valence-corrected chi connectivity index (χ3v) is 4.77. The molecule has 2 aromatic rings. The van der Waals surface area contributed by atoms with Crippen LogP contribution in [0.4, 0.5) is 23.2 Å². The molecule has 0 atom stereocenters. The molecule has 154 valence electrons. The molecule has 9 heteroatoms. The summed E-state index contributed by atoms with van der Waals surface area (Å²) in [5.41, 5.74) is -0.774. The van der Waals surface area contributed by atoms with Crippen LogP contribution in [0.15, 0.2) is 48.5 Å². The van der Waals surface area contributed by atoms with E-state index in [1.165, 1.54) is 42.5 Å². The van der Waals surface area contributed by atoms with Crippen molar-refractivity contribution in [2.75, 3.05) is 38.0 Å². The SMILES string of the molecule is O=C(C[NH+]1CCN(C(=O)c2ccc(F)cc2)CC1)Nc1ccccc1C(F)(F)F. The smallest absolute Gasteiger partial charge is 0.327 e. The number of amides is 2. The van der Waals surface area contributed by atoms with Crippen LogP contribution in [-0.2, 0) is 11.0 Å². The van der Waals surface area contributed by atoms with E-state index in [4.69, 9.17) is 0 Å². The zero-order valence-electron chi connectivity index (χ0n) is 15.4. The van der Waals surface area contributed by atoms with Gasteiger partial charge in [0.2, 0.25) is 0 Å². The third-order valence-electron chi connectivity index (χ3n) is 4.77. The molecular weight excluding hydrogens is 390 g/mol. The molecule has 2 amide bonds. The normalized spacial score (nSPS) is 15.2. The number of nitrogens with zero attached hydrogens (tertiary/aromatic N) is 1. The number of hydrogen-bond donors (Lipinski definition) is 2. The van der Waals surface area contributed by atoms with E-state index in [1.807, 2.05) is 0 Å². The summed E-state index contributed by atoms with van der Waals surface area (Å²) < 4.78 is 52.1. The number of benzene rings is 2. The van der Waals surface area contributed by atoms with E-state index in [0.29, 0.717) is 31.7 Å². The largest absolute Gasteiger partial charge is 0.418 e. The fourth-order valence-electron chi connectivity index (χ4n) is 3.24. The summed E-state index contributed by atoms with van der Waals surface area (Å²) in [7, 11) is 0. The fourth-order valence-corrected chi connectivity index (χ4v) is 3.24. The number of nitrogens with one attached hydrogen (secondary N) is 2. The Morgan fingerprint density at radius 1 is 1.00 bits per heavy atom. The number of carbonyl (C=O) groups is 2. The van der Waals surface area contributed by atoms with Crippen molar-refractivity contribution in [3.8, 4) is 0 Å². The topological polar surface area (TPSA) is 53.9 Å². The first-order valence-corrected chi connectivity index (χ1v) is 9.08. The van der Waals surface area contributed by atoms with Crippen LogP contribution in [0.2, 0.25) is 0 Å². The number of hydrogen-bond acceptors (Lipinski definition) is 2. The van der Waals surface area contributed by atoms with Crippen molar-refractivity contribution in [2.24, 2.45) is 0 Å². The molecule has 0 bridgehead atoms. The van der Waals surface area contributed by atoms with Crippen LogP contribution in [0.3, 0.4) is 0 Å². The highest BCUT2D eigenvalue weighted by molar-refractivity contribution is 5.94. The van der Waals surface area contributed by atoms with Gasteiger partial charge in [0.05, 0.1) is 37.4 Å².